The zero-order valence-electron chi connectivity index (χ0n) is 13.4. The number of amides is 1. The molecular formula is C18H16N4O2S. The van der Waals surface area contributed by atoms with Gasteiger partial charge >= 0.3 is 0 Å². The first-order valence-electron chi connectivity index (χ1n) is 7.52. The van der Waals surface area contributed by atoms with Crippen molar-refractivity contribution < 1.29 is 9.90 Å². The number of thiazole rings is 1. The highest BCUT2D eigenvalue weighted by atomic mass is 32.1. The number of hydrogen-bond donors (Lipinski definition) is 3. The number of nitrogens with zero attached hydrogens (tertiary/aromatic N) is 2. The fourth-order valence-electron chi connectivity index (χ4n) is 2.15. The van der Waals surface area contributed by atoms with Crippen LogP contribution in [0.15, 0.2) is 59.0 Å². The second-order valence-electron chi connectivity index (χ2n) is 5.26. The van der Waals surface area contributed by atoms with Crippen LogP contribution in [-0.4, -0.2) is 22.2 Å². The second-order valence-corrected chi connectivity index (χ2v) is 6.12. The number of aromatic nitrogens is 1. The lowest BCUT2D eigenvalue weighted by atomic mass is 10.1. The van der Waals surface area contributed by atoms with E-state index in [4.69, 9.17) is 0 Å². The Labute approximate surface area is 148 Å². The summed E-state index contributed by atoms with van der Waals surface area (Å²) in [6.45, 7) is 1.48. The molecule has 3 rings (SSSR count). The van der Waals surface area contributed by atoms with E-state index in [1.54, 1.807) is 24.4 Å². The van der Waals surface area contributed by atoms with E-state index >= 15 is 0 Å². The van der Waals surface area contributed by atoms with Crippen LogP contribution in [0.25, 0.3) is 11.3 Å². The molecule has 0 bridgehead atoms. The molecule has 3 aromatic rings. The van der Waals surface area contributed by atoms with E-state index in [0.29, 0.717) is 5.13 Å². The van der Waals surface area contributed by atoms with Crippen LogP contribution in [0.4, 0.5) is 10.8 Å². The Bertz CT molecular complexity index is 903. The zero-order chi connectivity index (χ0) is 17.6. The molecule has 0 saturated carbocycles. The van der Waals surface area contributed by atoms with Gasteiger partial charge in [0.25, 0.3) is 0 Å². The number of carbonyl (C=O) groups excluding carboxylic acids is 1. The molecule has 0 aliphatic rings. The van der Waals surface area contributed by atoms with Crippen LogP contribution < -0.4 is 10.7 Å². The largest absolute Gasteiger partial charge is 0.508 e. The van der Waals surface area contributed by atoms with Gasteiger partial charge in [-0.05, 0) is 29.8 Å². The van der Waals surface area contributed by atoms with Gasteiger partial charge in [-0.3, -0.25) is 10.2 Å². The first kappa shape index (κ1) is 16.7. The van der Waals surface area contributed by atoms with Crippen molar-refractivity contribution in [2.45, 2.75) is 6.92 Å². The number of nitrogens with one attached hydrogen (secondary N) is 2. The van der Waals surface area contributed by atoms with Crippen LogP contribution in [0.5, 0.6) is 5.75 Å². The number of phenols is 1. The summed E-state index contributed by atoms with van der Waals surface area (Å²) < 4.78 is 0. The number of carbonyl (C=O) groups is 1. The van der Waals surface area contributed by atoms with Gasteiger partial charge in [0, 0.05) is 23.6 Å². The maximum atomic E-state index is 11.0. The Morgan fingerprint density at radius 3 is 2.76 bits per heavy atom. The molecule has 0 aliphatic heterocycles. The monoisotopic (exact) mass is 352 g/mol. The van der Waals surface area contributed by atoms with Gasteiger partial charge in [-0.15, -0.1) is 11.3 Å². The predicted octanol–water partition coefficient (Wildman–Crippen LogP) is 3.92. The molecule has 25 heavy (non-hydrogen) atoms. The highest BCUT2D eigenvalue weighted by molar-refractivity contribution is 7.14. The van der Waals surface area contributed by atoms with Gasteiger partial charge in [0.05, 0.1) is 11.9 Å². The van der Waals surface area contributed by atoms with Gasteiger partial charge in [0.15, 0.2) is 0 Å². The maximum Gasteiger partial charge on any atom is 0.221 e. The van der Waals surface area contributed by atoms with Gasteiger partial charge in [-0.1, -0.05) is 24.3 Å². The van der Waals surface area contributed by atoms with E-state index in [2.05, 4.69) is 20.8 Å². The quantitative estimate of drug-likeness (QED) is 0.480. The number of anilines is 2. The van der Waals surface area contributed by atoms with Crippen molar-refractivity contribution in [1.82, 2.24) is 4.98 Å². The van der Waals surface area contributed by atoms with Crippen LogP contribution in [-0.2, 0) is 4.79 Å². The summed E-state index contributed by atoms with van der Waals surface area (Å²) >= 11 is 1.44. The summed E-state index contributed by atoms with van der Waals surface area (Å²) in [6.07, 6.45) is 1.61. The van der Waals surface area contributed by atoms with E-state index in [1.165, 1.54) is 18.3 Å². The van der Waals surface area contributed by atoms with Gasteiger partial charge in [-0.2, -0.15) is 5.10 Å². The van der Waals surface area contributed by atoms with E-state index in [9.17, 15) is 9.90 Å². The Morgan fingerprint density at radius 2 is 2.04 bits per heavy atom. The normalized spacial score (nSPS) is 10.8. The van der Waals surface area contributed by atoms with E-state index in [1.807, 2.05) is 35.7 Å². The molecule has 0 radical (unpaired) electrons. The zero-order valence-corrected chi connectivity index (χ0v) is 14.2. The number of benzene rings is 2. The molecule has 1 amide bonds. The van der Waals surface area contributed by atoms with E-state index in [0.717, 1.165) is 22.5 Å². The van der Waals surface area contributed by atoms with Crippen LogP contribution in [0.2, 0.25) is 0 Å². The lowest BCUT2D eigenvalue weighted by molar-refractivity contribution is -0.114. The molecule has 3 N–H and O–H groups in total. The smallest absolute Gasteiger partial charge is 0.221 e. The Hall–Kier alpha value is -3.19. The van der Waals surface area contributed by atoms with Crippen molar-refractivity contribution in [2.24, 2.45) is 5.10 Å². The summed E-state index contributed by atoms with van der Waals surface area (Å²) in [6, 6.07) is 14.3. The third-order valence-electron chi connectivity index (χ3n) is 3.25. The summed E-state index contributed by atoms with van der Waals surface area (Å²) in [5.41, 5.74) is 6.20. The SMILES string of the molecule is CC(=O)Nc1ccc(-c2csc(N/N=C\c3cccc(O)c3)n2)cc1. The molecule has 126 valence electrons. The maximum absolute atomic E-state index is 11.0. The molecule has 1 heterocycles. The molecule has 0 spiro atoms. The predicted molar refractivity (Wildman–Crippen MR) is 101 cm³/mol. The van der Waals surface area contributed by atoms with E-state index in [-0.39, 0.29) is 11.7 Å². The fourth-order valence-corrected chi connectivity index (χ4v) is 2.82. The third kappa shape index (κ3) is 4.65. The average Bonchev–Trinajstić information content (AvgIpc) is 3.04. The highest BCUT2D eigenvalue weighted by Gasteiger charge is 2.04. The van der Waals surface area contributed by atoms with Crippen LogP contribution in [0.1, 0.15) is 12.5 Å². The van der Waals surface area contributed by atoms with Gasteiger partial charge in [-0.25, -0.2) is 4.98 Å². The first-order chi connectivity index (χ1) is 12.1. The molecule has 1 aromatic heterocycles. The fraction of sp³-hybridized carbons (Fsp3) is 0.0556. The molecule has 7 heteroatoms. The van der Waals surface area contributed by atoms with Crippen molar-refractivity contribution in [3.63, 3.8) is 0 Å². The topological polar surface area (TPSA) is 86.6 Å². The van der Waals surface area contributed by atoms with Crippen molar-refractivity contribution in [3.8, 4) is 17.0 Å². The summed E-state index contributed by atoms with van der Waals surface area (Å²) in [7, 11) is 0. The molecule has 6 nitrogen and oxygen atoms in total. The number of phenolic OH excluding ortho intramolecular Hbond substituents is 1. The minimum atomic E-state index is -0.0995. The Balaban J connectivity index is 1.65. The van der Waals surface area contributed by atoms with Crippen molar-refractivity contribution in [3.05, 3.63) is 59.5 Å². The molecule has 0 atom stereocenters. The third-order valence-corrected chi connectivity index (χ3v) is 4.00. The molecule has 0 aliphatic carbocycles. The Kier molecular flexibility index (Phi) is 5.06. The molecular weight excluding hydrogens is 336 g/mol. The van der Waals surface area contributed by atoms with Crippen LogP contribution in [0.3, 0.4) is 0 Å². The number of hydrogen-bond acceptors (Lipinski definition) is 6. The lowest BCUT2D eigenvalue weighted by Gasteiger charge is -2.02. The average molecular weight is 352 g/mol. The van der Waals surface area contributed by atoms with Crippen LogP contribution in [0, 0.1) is 0 Å². The Morgan fingerprint density at radius 1 is 1.24 bits per heavy atom. The van der Waals surface area contributed by atoms with Gasteiger partial charge in [0.1, 0.15) is 5.75 Å². The minimum Gasteiger partial charge on any atom is -0.508 e. The first-order valence-corrected chi connectivity index (χ1v) is 8.40. The molecule has 2 aromatic carbocycles. The number of aromatic hydroxyl groups is 1. The van der Waals surface area contributed by atoms with E-state index < -0.39 is 0 Å². The van der Waals surface area contributed by atoms with Gasteiger partial charge < -0.3 is 10.4 Å². The highest BCUT2D eigenvalue weighted by Crippen LogP contribution is 2.26. The molecule has 0 unspecified atom stereocenters. The lowest BCUT2D eigenvalue weighted by Crippen LogP contribution is -2.05. The summed E-state index contributed by atoms with van der Waals surface area (Å²) in [5, 5.41) is 18.9. The molecule has 0 fully saturated rings. The minimum absolute atomic E-state index is 0.0995. The number of hydrazone groups is 1. The standard InChI is InChI=1S/C18H16N4O2S/c1-12(23)20-15-7-5-14(6-8-15)17-11-25-18(21-17)22-19-10-13-3-2-4-16(24)9-13/h2-11,24H,1H3,(H,20,23)(H,21,22)/b19-10-. The van der Waals surface area contributed by atoms with Gasteiger partial charge in [0.2, 0.25) is 11.0 Å². The van der Waals surface area contributed by atoms with Crippen molar-refractivity contribution in [2.75, 3.05) is 10.7 Å². The summed E-state index contributed by atoms with van der Waals surface area (Å²) in [4.78, 5) is 15.5. The number of rotatable bonds is 5. The van der Waals surface area contributed by atoms with Crippen molar-refractivity contribution in [1.29, 1.82) is 0 Å². The molecule has 0 saturated heterocycles. The second kappa shape index (κ2) is 7.59. The summed E-state index contributed by atoms with van der Waals surface area (Å²) in [5.74, 6) is 0.0979. The van der Waals surface area contributed by atoms with Crippen LogP contribution >= 0.6 is 11.3 Å². The van der Waals surface area contributed by atoms with Crippen molar-refractivity contribution >= 4 is 34.3 Å².